The average Bonchev–Trinajstić information content (AvgIpc) is 3.61. The van der Waals surface area contributed by atoms with Gasteiger partial charge in [-0.2, -0.15) is 0 Å². The van der Waals surface area contributed by atoms with E-state index in [0.717, 1.165) is 0 Å². The number of furan rings is 1. The summed E-state index contributed by atoms with van der Waals surface area (Å²) in [6.07, 6.45) is 2.54. The standard InChI is InChI=1S/C33H42O11/c1-16(2)28(37)43-27-24-26(41-17(3)34)29(4,5)20(13-22(35)39-8)31(7)19-9-11-30(6)21(32(19,27)44-33(24,31)38)14-23(36)42-25(30)18-10-12-40-15-18/h10,12,14-16,19-20,24-27,38H,9,11,13H2,1-8H3. The molecule has 11 heteroatoms. The van der Waals surface area contributed by atoms with Gasteiger partial charge in [0.2, 0.25) is 0 Å². The summed E-state index contributed by atoms with van der Waals surface area (Å²) in [5.74, 6) is -6.83. The van der Waals surface area contributed by atoms with Crippen molar-refractivity contribution in [1.29, 1.82) is 0 Å². The Bertz CT molecular complexity index is 1430. The largest absolute Gasteiger partial charge is 0.472 e. The van der Waals surface area contributed by atoms with Crippen LogP contribution in [-0.4, -0.2) is 59.7 Å². The minimum atomic E-state index is -2.01. The molecule has 11 nitrogen and oxygen atoms in total. The third-order valence-electron chi connectivity index (χ3n) is 11.7. The van der Waals surface area contributed by atoms with Crippen LogP contribution in [0.3, 0.4) is 0 Å². The first-order chi connectivity index (χ1) is 20.5. The molecule has 1 N–H and O–H groups in total. The summed E-state index contributed by atoms with van der Waals surface area (Å²) in [5, 5.41) is 13.0. The first-order valence-electron chi connectivity index (χ1n) is 15.3. The van der Waals surface area contributed by atoms with Crippen molar-refractivity contribution in [2.24, 2.45) is 39.9 Å². The number of esters is 4. The number of hydrogen-bond donors (Lipinski definition) is 1. The smallest absolute Gasteiger partial charge is 0.331 e. The first-order valence-corrected chi connectivity index (χ1v) is 15.3. The van der Waals surface area contributed by atoms with E-state index >= 15 is 0 Å². The number of rotatable bonds is 6. The number of aliphatic hydroxyl groups is 1. The molecule has 10 unspecified atom stereocenters. The Labute approximate surface area is 256 Å². The second kappa shape index (κ2) is 9.66. The zero-order valence-electron chi connectivity index (χ0n) is 26.5. The van der Waals surface area contributed by atoms with Gasteiger partial charge in [0.25, 0.3) is 0 Å². The van der Waals surface area contributed by atoms with Crippen LogP contribution in [0.25, 0.3) is 0 Å². The van der Waals surface area contributed by atoms with Crippen LogP contribution in [-0.2, 0) is 42.9 Å². The molecule has 4 heterocycles. The molecule has 0 radical (unpaired) electrons. The summed E-state index contributed by atoms with van der Waals surface area (Å²) in [5.41, 5.74) is -3.11. The number of carbonyl (C=O) groups is 4. The Morgan fingerprint density at radius 2 is 1.82 bits per heavy atom. The van der Waals surface area contributed by atoms with Crippen LogP contribution in [0.4, 0.5) is 0 Å². The third-order valence-corrected chi connectivity index (χ3v) is 11.7. The van der Waals surface area contributed by atoms with Gasteiger partial charge in [0.15, 0.2) is 5.79 Å². The van der Waals surface area contributed by atoms with E-state index < -0.39 is 93.5 Å². The zero-order chi connectivity index (χ0) is 32.2. The van der Waals surface area contributed by atoms with Crippen LogP contribution in [0.2, 0.25) is 0 Å². The molecule has 0 aromatic carbocycles. The molecule has 2 aliphatic carbocycles. The normalized spacial score (nSPS) is 43.0. The van der Waals surface area contributed by atoms with E-state index in [-0.39, 0.29) is 6.42 Å². The van der Waals surface area contributed by atoms with Gasteiger partial charge < -0.3 is 33.2 Å². The second-order valence-corrected chi connectivity index (χ2v) is 14.5. The molecule has 10 atom stereocenters. The lowest BCUT2D eigenvalue weighted by molar-refractivity contribution is -0.326. The van der Waals surface area contributed by atoms with Gasteiger partial charge in [-0.3, -0.25) is 14.4 Å². The Hall–Kier alpha value is -3.18. The maximum atomic E-state index is 13.4. The quantitative estimate of drug-likeness (QED) is 0.366. The lowest BCUT2D eigenvalue weighted by atomic mass is 9.37. The molecule has 2 saturated carbocycles. The summed E-state index contributed by atoms with van der Waals surface area (Å²) in [6.45, 7) is 12.4. The molecular weight excluding hydrogens is 572 g/mol. The fourth-order valence-corrected chi connectivity index (χ4v) is 9.87. The summed E-state index contributed by atoms with van der Waals surface area (Å²) in [7, 11) is 1.31. The molecule has 2 saturated heterocycles. The van der Waals surface area contributed by atoms with E-state index in [2.05, 4.69) is 0 Å². The summed E-state index contributed by atoms with van der Waals surface area (Å²) in [6, 6.07) is 1.74. The van der Waals surface area contributed by atoms with Crippen LogP contribution < -0.4 is 0 Å². The highest BCUT2D eigenvalue weighted by molar-refractivity contribution is 5.86. The van der Waals surface area contributed by atoms with E-state index in [9.17, 15) is 24.3 Å². The summed E-state index contributed by atoms with van der Waals surface area (Å²) in [4.78, 5) is 52.4. The zero-order valence-corrected chi connectivity index (χ0v) is 26.5. The van der Waals surface area contributed by atoms with Crippen molar-refractivity contribution < 1.29 is 52.4 Å². The van der Waals surface area contributed by atoms with Crippen LogP contribution in [0, 0.1) is 39.9 Å². The lowest BCUT2D eigenvalue weighted by Gasteiger charge is -2.67. The molecule has 0 amide bonds. The van der Waals surface area contributed by atoms with Gasteiger partial charge in [-0.25, -0.2) is 4.79 Å². The second-order valence-electron chi connectivity index (χ2n) is 14.5. The van der Waals surface area contributed by atoms with Gasteiger partial charge in [-0.1, -0.05) is 41.5 Å². The maximum absolute atomic E-state index is 13.4. The minimum absolute atomic E-state index is 0.0742. The lowest BCUT2D eigenvalue weighted by Crippen LogP contribution is -2.76. The van der Waals surface area contributed by atoms with Gasteiger partial charge >= 0.3 is 23.9 Å². The third kappa shape index (κ3) is 3.68. The minimum Gasteiger partial charge on any atom is -0.472 e. The molecular formula is C33H42O11. The van der Waals surface area contributed by atoms with Crippen molar-refractivity contribution in [2.75, 3.05) is 7.11 Å². The molecule has 1 aromatic rings. The highest BCUT2D eigenvalue weighted by atomic mass is 16.7. The average molecular weight is 615 g/mol. The van der Waals surface area contributed by atoms with Gasteiger partial charge in [0.1, 0.15) is 23.9 Å². The Morgan fingerprint density at radius 3 is 2.41 bits per heavy atom. The Kier molecular flexibility index (Phi) is 6.77. The monoisotopic (exact) mass is 614 g/mol. The Morgan fingerprint density at radius 1 is 1.11 bits per heavy atom. The predicted molar refractivity (Wildman–Crippen MR) is 151 cm³/mol. The molecule has 1 aromatic heterocycles. The number of ether oxygens (including phenoxy) is 5. The Balaban J connectivity index is 1.63. The van der Waals surface area contributed by atoms with Gasteiger partial charge in [0.05, 0.1) is 31.5 Å². The highest BCUT2D eigenvalue weighted by Crippen LogP contribution is 2.81. The number of cyclic esters (lactones) is 1. The summed E-state index contributed by atoms with van der Waals surface area (Å²) >= 11 is 0. The maximum Gasteiger partial charge on any atom is 0.331 e. The van der Waals surface area contributed by atoms with Crippen molar-refractivity contribution in [3.63, 3.8) is 0 Å². The van der Waals surface area contributed by atoms with Crippen molar-refractivity contribution in [2.45, 2.75) is 97.4 Å². The predicted octanol–water partition coefficient (Wildman–Crippen LogP) is 4.03. The van der Waals surface area contributed by atoms with Gasteiger partial charge in [-0.15, -0.1) is 0 Å². The fourth-order valence-electron chi connectivity index (χ4n) is 9.87. The van der Waals surface area contributed by atoms with Crippen LogP contribution in [0.1, 0.15) is 79.4 Å². The molecule has 6 rings (SSSR count). The molecule has 240 valence electrons. The van der Waals surface area contributed by atoms with Crippen molar-refractivity contribution in [1.82, 2.24) is 0 Å². The fraction of sp³-hybridized carbons (Fsp3) is 0.697. The number of hydrogen-bond acceptors (Lipinski definition) is 11. The van der Waals surface area contributed by atoms with Crippen molar-refractivity contribution in [3.8, 4) is 0 Å². The van der Waals surface area contributed by atoms with Crippen LogP contribution in [0.15, 0.2) is 34.7 Å². The van der Waals surface area contributed by atoms with E-state index in [0.29, 0.717) is 24.0 Å². The summed E-state index contributed by atoms with van der Waals surface area (Å²) < 4.78 is 35.7. The van der Waals surface area contributed by atoms with E-state index in [1.165, 1.54) is 32.6 Å². The molecule has 1 spiro atoms. The molecule has 3 aliphatic heterocycles. The molecule has 44 heavy (non-hydrogen) atoms. The number of carbonyl (C=O) groups excluding carboxylic acids is 4. The van der Waals surface area contributed by atoms with Gasteiger partial charge in [0, 0.05) is 47.1 Å². The van der Waals surface area contributed by atoms with Crippen LogP contribution in [0.5, 0.6) is 0 Å². The SMILES string of the molecule is COC(=O)CC1C(C)(C)C(OC(C)=O)C2C(OC(=O)C(C)C)C34OC2(O)C1(C)C3CCC1(C)C4=CC(=O)OC1c1ccoc1. The topological polar surface area (TPSA) is 148 Å². The number of fused-ring (bicyclic) bond motifs is 2. The highest BCUT2D eigenvalue weighted by Gasteiger charge is 2.90. The molecule has 2 bridgehead atoms. The van der Waals surface area contributed by atoms with Gasteiger partial charge in [-0.05, 0) is 30.4 Å². The number of methoxy groups -OCH3 is 1. The van der Waals surface area contributed by atoms with Crippen molar-refractivity contribution >= 4 is 23.9 Å². The molecule has 4 fully saturated rings. The van der Waals surface area contributed by atoms with Crippen LogP contribution >= 0.6 is 0 Å². The van der Waals surface area contributed by atoms with E-state index in [1.54, 1.807) is 19.9 Å². The van der Waals surface area contributed by atoms with E-state index in [4.69, 9.17) is 28.1 Å². The van der Waals surface area contributed by atoms with Crippen molar-refractivity contribution in [3.05, 3.63) is 35.8 Å². The molecule has 5 aliphatic rings. The van der Waals surface area contributed by atoms with E-state index in [1.807, 2.05) is 27.7 Å². The first kappa shape index (κ1) is 30.8.